The number of rotatable bonds is 2. The summed E-state index contributed by atoms with van der Waals surface area (Å²) < 4.78 is 8.97. The van der Waals surface area contributed by atoms with Crippen LogP contribution in [0.2, 0.25) is 0 Å². The minimum Gasteiger partial charge on any atom is -0.493 e. The van der Waals surface area contributed by atoms with Crippen LogP contribution < -0.4 is 4.74 Å². The van der Waals surface area contributed by atoms with Crippen LogP contribution in [0.5, 0.6) is 5.75 Å². The number of imidazole rings is 1. The lowest BCUT2D eigenvalue weighted by Gasteiger charge is -2.10. The molecule has 0 atom stereocenters. The summed E-state index contributed by atoms with van der Waals surface area (Å²) >= 11 is 3.56. The van der Waals surface area contributed by atoms with Crippen LogP contribution in [-0.2, 0) is 13.0 Å². The van der Waals surface area contributed by atoms with E-state index >= 15 is 0 Å². The zero-order chi connectivity index (χ0) is 11.8. The van der Waals surface area contributed by atoms with Gasteiger partial charge in [0.05, 0.1) is 13.2 Å². The van der Waals surface area contributed by atoms with Crippen molar-refractivity contribution in [3.63, 3.8) is 0 Å². The van der Waals surface area contributed by atoms with Gasteiger partial charge in [-0.05, 0) is 24.6 Å². The van der Waals surface area contributed by atoms with Gasteiger partial charge in [0.25, 0.3) is 0 Å². The van der Waals surface area contributed by atoms with Crippen molar-refractivity contribution in [3.8, 4) is 5.75 Å². The first-order chi connectivity index (χ1) is 8.24. The van der Waals surface area contributed by atoms with Crippen molar-refractivity contribution in [1.29, 1.82) is 0 Å². The molecule has 1 aliphatic rings. The van der Waals surface area contributed by atoms with Crippen molar-refractivity contribution < 1.29 is 4.74 Å². The van der Waals surface area contributed by atoms with E-state index in [4.69, 9.17) is 4.74 Å². The van der Waals surface area contributed by atoms with Gasteiger partial charge < -0.3 is 9.30 Å². The van der Waals surface area contributed by atoms with Gasteiger partial charge in [-0.2, -0.15) is 0 Å². The first-order valence-corrected chi connectivity index (χ1v) is 6.45. The highest BCUT2D eigenvalue weighted by molar-refractivity contribution is 9.10. The van der Waals surface area contributed by atoms with E-state index in [1.54, 1.807) is 0 Å². The molecule has 0 amide bonds. The molecule has 0 saturated heterocycles. The molecule has 0 radical (unpaired) electrons. The predicted octanol–water partition coefficient (Wildman–Crippen LogP) is 2.94. The lowest BCUT2D eigenvalue weighted by molar-refractivity contribution is 0.352. The second kappa shape index (κ2) is 4.18. The van der Waals surface area contributed by atoms with Gasteiger partial charge in [0.2, 0.25) is 0 Å². The first-order valence-electron chi connectivity index (χ1n) is 5.66. The van der Waals surface area contributed by atoms with Crippen molar-refractivity contribution in [2.45, 2.75) is 19.9 Å². The molecular formula is C13H13BrN2O. The Morgan fingerprint density at radius 1 is 1.47 bits per heavy atom. The molecule has 0 aliphatic carbocycles. The summed E-state index contributed by atoms with van der Waals surface area (Å²) in [4.78, 5) is 4.24. The van der Waals surface area contributed by atoms with E-state index in [1.807, 2.05) is 19.3 Å². The van der Waals surface area contributed by atoms with E-state index in [1.165, 1.54) is 11.1 Å². The van der Waals surface area contributed by atoms with Gasteiger partial charge in [0, 0.05) is 28.9 Å². The number of ether oxygens (including phenoxy) is 1. The maximum atomic E-state index is 5.72. The van der Waals surface area contributed by atoms with Gasteiger partial charge in [-0.3, -0.25) is 0 Å². The molecule has 2 heterocycles. The van der Waals surface area contributed by atoms with E-state index in [2.05, 4.69) is 37.6 Å². The van der Waals surface area contributed by atoms with Gasteiger partial charge in [-0.25, -0.2) is 4.98 Å². The van der Waals surface area contributed by atoms with E-state index in [9.17, 15) is 0 Å². The highest BCUT2D eigenvalue weighted by atomic mass is 79.9. The Balaban J connectivity index is 2.01. The standard InChI is InChI=1S/C13H13BrN2O/c1-9-15-3-4-16(9)8-11-7-12(14)6-10-2-5-17-13(10)11/h3-4,6-7H,2,5,8H2,1H3. The van der Waals surface area contributed by atoms with Crippen LogP contribution in [-0.4, -0.2) is 16.2 Å². The third kappa shape index (κ3) is 1.97. The number of halogens is 1. The summed E-state index contributed by atoms with van der Waals surface area (Å²) in [6.07, 6.45) is 4.83. The molecule has 3 nitrogen and oxygen atoms in total. The average Bonchev–Trinajstić information content (AvgIpc) is 2.88. The zero-order valence-corrected chi connectivity index (χ0v) is 11.2. The molecule has 1 aliphatic heterocycles. The van der Waals surface area contributed by atoms with Crippen LogP contribution >= 0.6 is 15.9 Å². The Labute approximate surface area is 109 Å². The van der Waals surface area contributed by atoms with Crippen LogP contribution in [0.3, 0.4) is 0 Å². The van der Waals surface area contributed by atoms with Crippen LogP contribution in [0.4, 0.5) is 0 Å². The molecule has 0 N–H and O–H groups in total. The molecule has 3 rings (SSSR count). The number of nitrogens with zero attached hydrogens (tertiary/aromatic N) is 2. The van der Waals surface area contributed by atoms with Crippen molar-refractivity contribution >= 4 is 15.9 Å². The Morgan fingerprint density at radius 2 is 2.35 bits per heavy atom. The second-order valence-electron chi connectivity index (χ2n) is 4.25. The van der Waals surface area contributed by atoms with Crippen molar-refractivity contribution in [3.05, 3.63) is 46.0 Å². The number of fused-ring (bicyclic) bond motifs is 1. The minimum atomic E-state index is 0.793. The summed E-state index contributed by atoms with van der Waals surface area (Å²) in [6, 6.07) is 4.27. The lowest BCUT2D eigenvalue weighted by Crippen LogP contribution is -2.02. The Hall–Kier alpha value is -1.29. The second-order valence-corrected chi connectivity index (χ2v) is 5.17. The molecule has 1 aromatic heterocycles. The van der Waals surface area contributed by atoms with Crippen molar-refractivity contribution in [2.24, 2.45) is 0 Å². The van der Waals surface area contributed by atoms with Crippen LogP contribution in [0.15, 0.2) is 29.0 Å². The van der Waals surface area contributed by atoms with E-state index in [0.29, 0.717) is 0 Å². The fourth-order valence-corrected chi connectivity index (χ4v) is 2.77. The topological polar surface area (TPSA) is 27.1 Å². The maximum Gasteiger partial charge on any atom is 0.127 e. The smallest absolute Gasteiger partial charge is 0.127 e. The predicted molar refractivity (Wildman–Crippen MR) is 69.4 cm³/mol. The van der Waals surface area contributed by atoms with Gasteiger partial charge >= 0.3 is 0 Å². The summed E-state index contributed by atoms with van der Waals surface area (Å²) in [7, 11) is 0. The van der Waals surface area contributed by atoms with Gasteiger partial charge in [0.1, 0.15) is 11.6 Å². The molecule has 88 valence electrons. The Morgan fingerprint density at radius 3 is 3.12 bits per heavy atom. The highest BCUT2D eigenvalue weighted by Gasteiger charge is 2.17. The maximum absolute atomic E-state index is 5.72. The first kappa shape index (κ1) is 10.8. The van der Waals surface area contributed by atoms with Crippen molar-refractivity contribution in [2.75, 3.05) is 6.61 Å². The summed E-state index contributed by atoms with van der Waals surface area (Å²) in [5.41, 5.74) is 2.51. The normalized spacial score (nSPS) is 13.5. The molecule has 4 heteroatoms. The van der Waals surface area contributed by atoms with Crippen LogP contribution in [0.1, 0.15) is 17.0 Å². The third-order valence-corrected chi connectivity index (χ3v) is 3.55. The van der Waals surface area contributed by atoms with Crippen LogP contribution in [0, 0.1) is 6.92 Å². The molecule has 1 aromatic carbocycles. The molecule has 0 bridgehead atoms. The fraction of sp³-hybridized carbons (Fsp3) is 0.308. The monoisotopic (exact) mass is 292 g/mol. The lowest BCUT2D eigenvalue weighted by atomic mass is 10.1. The summed E-state index contributed by atoms with van der Waals surface area (Å²) in [6.45, 7) is 3.62. The molecule has 17 heavy (non-hydrogen) atoms. The number of hydrogen-bond donors (Lipinski definition) is 0. The van der Waals surface area contributed by atoms with Crippen molar-refractivity contribution in [1.82, 2.24) is 9.55 Å². The molecule has 0 saturated carbocycles. The van der Waals surface area contributed by atoms with Crippen LogP contribution in [0.25, 0.3) is 0 Å². The van der Waals surface area contributed by atoms with E-state index in [-0.39, 0.29) is 0 Å². The average molecular weight is 293 g/mol. The Kier molecular flexibility index (Phi) is 2.67. The summed E-state index contributed by atoms with van der Waals surface area (Å²) in [5, 5.41) is 0. The molecule has 0 unspecified atom stereocenters. The third-order valence-electron chi connectivity index (χ3n) is 3.09. The van der Waals surface area contributed by atoms with E-state index < -0.39 is 0 Å². The quantitative estimate of drug-likeness (QED) is 0.851. The zero-order valence-electron chi connectivity index (χ0n) is 9.61. The number of benzene rings is 1. The van der Waals surface area contributed by atoms with Gasteiger partial charge in [-0.15, -0.1) is 0 Å². The largest absolute Gasteiger partial charge is 0.493 e. The number of aryl methyl sites for hydroxylation is 1. The molecule has 0 fully saturated rings. The molecule has 2 aromatic rings. The fourth-order valence-electron chi connectivity index (χ4n) is 2.22. The number of hydrogen-bond acceptors (Lipinski definition) is 2. The van der Waals surface area contributed by atoms with E-state index in [0.717, 1.165) is 35.6 Å². The minimum absolute atomic E-state index is 0.793. The SMILES string of the molecule is Cc1nccn1Cc1cc(Br)cc2c1OCC2. The van der Waals surface area contributed by atoms with Gasteiger partial charge in [0.15, 0.2) is 0 Å². The molecular weight excluding hydrogens is 280 g/mol. The Bertz CT molecular complexity index is 563. The molecule has 0 spiro atoms. The van der Waals surface area contributed by atoms with Gasteiger partial charge in [-0.1, -0.05) is 15.9 Å². The number of aromatic nitrogens is 2. The summed E-state index contributed by atoms with van der Waals surface area (Å²) in [5.74, 6) is 2.08. The highest BCUT2D eigenvalue weighted by Crippen LogP contribution is 2.33.